The lowest BCUT2D eigenvalue weighted by atomic mass is 10.1. The van der Waals surface area contributed by atoms with Crippen LogP contribution in [0.4, 0.5) is 0 Å². The van der Waals surface area contributed by atoms with Gasteiger partial charge in [0.1, 0.15) is 0 Å². The van der Waals surface area contributed by atoms with Gasteiger partial charge in [-0.1, -0.05) is 24.1 Å². The zero-order valence-corrected chi connectivity index (χ0v) is 10.2. The summed E-state index contributed by atoms with van der Waals surface area (Å²) in [5.41, 5.74) is 0. The van der Waals surface area contributed by atoms with Crippen molar-refractivity contribution in [2.75, 3.05) is 0 Å². The second-order valence-electron chi connectivity index (χ2n) is 3.41. The Morgan fingerprint density at radius 3 is 2.80 bits per heavy atom. The molecule has 1 heterocycles. The fourth-order valence-corrected chi connectivity index (χ4v) is 2.35. The smallest absolute Gasteiger partial charge is 0.172 e. The lowest BCUT2D eigenvalue weighted by Crippen LogP contribution is -1.95. The van der Waals surface area contributed by atoms with Crippen molar-refractivity contribution in [3.8, 4) is 0 Å². The van der Waals surface area contributed by atoms with Crippen LogP contribution in [0.2, 0.25) is 4.34 Å². The van der Waals surface area contributed by atoms with Gasteiger partial charge in [-0.2, -0.15) is 0 Å². The second-order valence-corrected chi connectivity index (χ2v) is 5.13. The summed E-state index contributed by atoms with van der Waals surface area (Å²) in [5, 5.41) is 0. The number of unbranched alkanes of at least 4 members (excludes halogenated alkanes) is 3. The fraction of sp³-hybridized carbons (Fsp3) is 0.417. The zero-order chi connectivity index (χ0) is 11.1. The highest BCUT2D eigenvalue weighted by atomic mass is 35.5. The first-order valence-electron chi connectivity index (χ1n) is 5.13. The Bertz CT molecular complexity index is 330. The number of carbonyl (C=O) groups excluding carboxylic acids is 1. The molecular weight excluding hydrogens is 228 g/mol. The van der Waals surface area contributed by atoms with Crippen LogP contribution in [0.5, 0.6) is 0 Å². The molecule has 0 aliphatic heterocycles. The summed E-state index contributed by atoms with van der Waals surface area (Å²) < 4.78 is 0.685. The Hall–Kier alpha value is -0.600. The van der Waals surface area contributed by atoms with E-state index in [4.69, 9.17) is 11.6 Å². The van der Waals surface area contributed by atoms with Crippen molar-refractivity contribution in [3.63, 3.8) is 0 Å². The van der Waals surface area contributed by atoms with Gasteiger partial charge in [0.2, 0.25) is 0 Å². The Labute approximate surface area is 99.8 Å². The lowest BCUT2D eigenvalue weighted by molar-refractivity contribution is 0.0983. The van der Waals surface area contributed by atoms with E-state index >= 15 is 0 Å². The molecular formula is C12H15ClOS. The summed E-state index contributed by atoms with van der Waals surface area (Å²) in [6.07, 6.45) is 6.77. The first-order chi connectivity index (χ1) is 7.24. The third kappa shape index (κ3) is 4.63. The van der Waals surface area contributed by atoms with Crippen molar-refractivity contribution >= 4 is 28.7 Å². The Morgan fingerprint density at radius 1 is 1.40 bits per heavy atom. The molecule has 1 aromatic heterocycles. The third-order valence-electron chi connectivity index (χ3n) is 2.16. The number of allylic oxidation sites excluding steroid dienone is 1. The molecule has 0 aliphatic rings. The fourth-order valence-electron chi connectivity index (χ4n) is 1.34. The predicted molar refractivity (Wildman–Crippen MR) is 66.9 cm³/mol. The Kier molecular flexibility index (Phi) is 5.66. The van der Waals surface area contributed by atoms with Crippen LogP contribution in [0.3, 0.4) is 0 Å². The standard InChI is InChI=1S/C12H15ClOS/c1-2-3-4-5-6-7-10(14)11-8-9-12(13)15-11/h2,8-9H,1,3-7H2. The van der Waals surface area contributed by atoms with Gasteiger partial charge in [0.05, 0.1) is 9.21 Å². The van der Waals surface area contributed by atoms with Crippen LogP contribution >= 0.6 is 22.9 Å². The second kappa shape index (κ2) is 6.81. The van der Waals surface area contributed by atoms with Gasteiger partial charge in [-0.25, -0.2) is 0 Å². The minimum absolute atomic E-state index is 0.213. The molecule has 1 rings (SSSR count). The molecule has 0 amide bonds. The molecule has 0 fully saturated rings. The van der Waals surface area contributed by atoms with Crippen molar-refractivity contribution in [2.24, 2.45) is 0 Å². The van der Waals surface area contributed by atoms with Gasteiger partial charge >= 0.3 is 0 Å². The van der Waals surface area contributed by atoms with Crippen LogP contribution in [-0.4, -0.2) is 5.78 Å². The van der Waals surface area contributed by atoms with Crippen molar-refractivity contribution in [1.82, 2.24) is 0 Å². The van der Waals surface area contributed by atoms with E-state index < -0.39 is 0 Å². The highest BCUT2D eigenvalue weighted by Crippen LogP contribution is 2.23. The lowest BCUT2D eigenvalue weighted by Gasteiger charge is -1.97. The highest BCUT2D eigenvalue weighted by Gasteiger charge is 2.07. The van der Waals surface area contributed by atoms with Crippen LogP contribution < -0.4 is 0 Å². The first-order valence-corrected chi connectivity index (χ1v) is 6.33. The number of thiophene rings is 1. The van der Waals surface area contributed by atoms with Crippen LogP contribution in [0.15, 0.2) is 24.8 Å². The maximum absolute atomic E-state index is 11.6. The molecule has 0 bridgehead atoms. The monoisotopic (exact) mass is 242 g/mol. The normalized spacial score (nSPS) is 10.2. The summed E-state index contributed by atoms with van der Waals surface area (Å²) >= 11 is 7.13. The van der Waals surface area contributed by atoms with E-state index in [-0.39, 0.29) is 5.78 Å². The number of Topliss-reactive ketones (excluding diaryl/α,β-unsaturated/α-hetero) is 1. The summed E-state index contributed by atoms with van der Waals surface area (Å²) in [6, 6.07) is 3.58. The average Bonchev–Trinajstić information content (AvgIpc) is 2.64. The number of ketones is 1. The summed E-state index contributed by atoms with van der Waals surface area (Å²) in [5.74, 6) is 0.213. The third-order valence-corrected chi connectivity index (χ3v) is 3.43. The van der Waals surface area contributed by atoms with Gasteiger partial charge in [0.15, 0.2) is 5.78 Å². The molecule has 3 heteroatoms. The molecule has 0 radical (unpaired) electrons. The minimum Gasteiger partial charge on any atom is -0.293 e. The van der Waals surface area contributed by atoms with Gasteiger partial charge in [-0.15, -0.1) is 17.9 Å². The molecule has 82 valence electrons. The number of hydrogen-bond donors (Lipinski definition) is 0. The van der Waals surface area contributed by atoms with Crippen LogP contribution in [0.25, 0.3) is 0 Å². The largest absolute Gasteiger partial charge is 0.293 e. The molecule has 0 aliphatic carbocycles. The van der Waals surface area contributed by atoms with Crippen molar-refractivity contribution in [1.29, 1.82) is 0 Å². The first kappa shape index (κ1) is 12.5. The van der Waals surface area contributed by atoms with E-state index in [1.54, 1.807) is 12.1 Å². The van der Waals surface area contributed by atoms with E-state index in [2.05, 4.69) is 6.58 Å². The zero-order valence-electron chi connectivity index (χ0n) is 8.67. The number of rotatable bonds is 7. The molecule has 0 spiro atoms. The molecule has 15 heavy (non-hydrogen) atoms. The minimum atomic E-state index is 0.213. The average molecular weight is 243 g/mol. The van der Waals surface area contributed by atoms with E-state index in [1.165, 1.54) is 11.3 Å². The SMILES string of the molecule is C=CCCCCCC(=O)c1ccc(Cl)s1. The maximum atomic E-state index is 11.6. The molecule has 0 N–H and O–H groups in total. The van der Waals surface area contributed by atoms with Gasteiger partial charge in [0, 0.05) is 6.42 Å². The van der Waals surface area contributed by atoms with Crippen molar-refractivity contribution in [2.45, 2.75) is 32.1 Å². The molecule has 0 saturated carbocycles. The summed E-state index contributed by atoms with van der Waals surface area (Å²) in [4.78, 5) is 12.4. The number of hydrogen-bond acceptors (Lipinski definition) is 2. The summed E-state index contributed by atoms with van der Waals surface area (Å²) in [6.45, 7) is 3.66. The topological polar surface area (TPSA) is 17.1 Å². The molecule has 0 atom stereocenters. The van der Waals surface area contributed by atoms with Gasteiger partial charge in [-0.05, 0) is 31.4 Å². The van der Waals surface area contributed by atoms with Crippen LogP contribution in [0.1, 0.15) is 41.8 Å². The maximum Gasteiger partial charge on any atom is 0.172 e. The number of carbonyl (C=O) groups is 1. The van der Waals surface area contributed by atoms with Gasteiger partial charge in [0.25, 0.3) is 0 Å². The Balaban J connectivity index is 2.22. The quantitative estimate of drug-likeness (QED) is 0.384. The van der Waals surface area contributed by atoms with E-state index in [1.807, 2.05) is 6.08 Å². The van der Waals surface area contributed by atoms with Crippen molar-refractivity contribution < 1.29 is 4.79 Å². The molecule has 0 unspecified atom stereocenters. The van der Waals surface area contributed by atoms with Crippen molar-refractivity contribution in [3.05, 3.63) is 34.0 Å². The number of halogens is 1. The molecule has 1 nitrogen and oxygen atoms in total. The Morgan fingerprint density at radius 2 is 2.20 bits per heavy atom. The van der Waals surface area contributed by atoms with Crippen LogP contribution in [0, 0.1) is 0 Å². The van der Waals surface area contributed by atoms with Gasteiger partial charge < -0.3 is 0 Å². The van der Waals surface area contributed by atoms with E-state index in [0.717, 1.165) is 30.6 Å². The highest BCUT2D eigenvalue weighted by molar-refractivity contribution is 7.18. The molecule has 0 saturated heterocycles. The van der Waals surface area contributed by atoms with Gasteiger partial charge in [-0.3, -0.25) is 4.79 Å². The molecule has 1 aromatic rings. The van der Waals surface area contributed by atoms with E-state index in [0.29, 0.717) is 10.8 Å². The molecule has 0 aromatic carbocycles. The predicted octanol–water partition coefficient (Wildman–Crippen LogP) is 4.72. The summed E-state index contributed by atoms with van der Waals surface area (Å²) in [7, 11) is 0. The van der Waals surface area contributed by atoms with E-state index in [9.17, 15) is 4.79 Å². The van der Waals surface area contributed by atoms with Crippen LogP contribution in [-0.2, 0) is 0 Å².